The van der Waals surface area contributed by atoms with Gasteiger partial charge >= 0.3 is 0 Å². The van der Waals surface area contributed by atoms with Gasteiger partial charge in [0.2, 0.25) is 5.91 Å². The van der Waals surface area contributed by atoms with E-state index in [-0.39, 0.29) is 5.91 Å². The van der Waals surface area contributed by atoms with Crippen molar-refractivity contribution in [2.24, 2.45) is 5.10 Å². The maximum absolute atomic E-state index is 11.7. The number of carbonyl (C=O) groups excluding carboxylic acids is 1. The Balaban J connectivity index is 1.65. The summed E-state index contributed by atoms with van der Waals surface area (Å²) in [5.41, 5.74) is 5.95. The lowest BCUT2D eigenvalue weighted by atomic mass is 10.2. The van der Waals surface area contributed by atoms with E-state index < -0.39 is 0 Å². The van der Waals surface area contributed by atoms with Gasteiger partial charge in [-0.3, -0.25) is 4.79 Å². The largest absolute Gasteiger partial charge is 0.378 e. The monoisotopic (exact) mass is 341 g/mol. The van der Waals surface area contributed by atoms with Crippen molar-refractivity contribution in [3.8, 4) is 0 Å². The average Bonchev–Trinajstić information content (AvgIpc) is 2.60. The molecule has 0 aliphatic heterocycles. The number of nitrogens with one attached hydrogen (secondary N) is 1. The Morgan fingerprint density at radius 2 is 1.83 bits per heavy atom. The van der Waals surface area contributed by atoms with Crippen LogP contribution in [0.3, 0.4) is 0 Å². The van der Waals surface area contributed by atoms with Crippen LogP contribution in [-0.2, 0) is 11.2 Å². The van der Waals surface area contributed by atoms with Gasteiger partial charge in [-0.1, -0.05) is 42.5 Å². The molecular formula is C19H23N3OS. The molecule has 4 nitrogen and oxygen atoms in total. The van der Waals surface area contributed by atoms with Crippen molar-refractivity contribution in [1.82, 2.24) is 5.43 Å². The Morgan fingerprint density at radius 1 is 1.12 bits per heavy atom. The Morgan fingerprint density at radius 3 is 2.50 bits per heavy atom. The van der Waals surface area contributed by atoms with E-state index in [1.165, 1.54) is 5.56 Å². The van der Waals surface area contributed by atoms with E-state index in [0.717, 1.165) is 23.4 Å². The van der Waals surface area contributed by atoms with Gasteiger partial charge in [-0.2, -0.15) is 16.9 Å². The van der Waals surface area contributed by atoms with Crippen LogP contribution in [0.1, 0.15) is 11.1 Å². The predicted octanol–water partition coefficient (Wildman–Crippen LogP) is 3.18. The molecule has 5 heteroatoms. The standard InChI is InChI=1S/C19H23N3OS/c1-22(2)18-10-8-17(9-11-18)14-20-21-19(23)15-24-13-12-16-6-4-3-5-7-16/h3-11,14H,12-13,15H2,1-2H3,(H,21,23)/b20-14-. The Labute approximate surface area is 148 Å². The van der Waals surface area contributed by atoms with Crippen LogP contribution in [-0.4, -0.2) is 37.7 Å². The van der Waals surface area contributed by atoms with Crippen LogP contribution >= 0.6 is 11.8 Å². The highest BCUT2D eigenvalue weighted by Crippen LogP contribution is 2.11. The number of hydrazone groups is 1. The van der Waals surface area contributed by atoms with Crippen molar-refractivity contribution < 1.29 is 4.79 Å². The molecule has 1 N–H and O–H groups in total. The fourth-order valence-corrected chi connectivity index (χ4v) is 2.84. The Kier molecular flexibility index (Phi) is 7.36. The number of carbonyl (C=O) groups is 1. The summed E-state index contributed by atoms with van der Waals surface area (Å²) >= 11 is 1.62. The molecule has 2 aromatic rings. The normalized spacial score (nSPS) is 10.8. The van der Waals surface area contributed by atoms with Crippen LogP contribution in [0.25, 0.3) is 0 Å². The molecule has 0 saturated heterocycles. The maximum Gasteiger partial charge on any atom is 0.250 e. The molecule has 0 bridgehead atoms. The van der Waals surface area contributed by atoms with Crippen LogP contribution in [0.4, 0.5) is 5.69 Å². The summed E-state index contributed by atoms with van der Waals surface area (Å²) in [7, 11) is 4.00. The van der Waals surface area contributed by atoms with E-state index >= 15 is 0 Å². The fourth-order valence-electron chi connectivity index (χ4n) is 2.07. The summed E-state index contributed by atoms with van der Waals surface area (Å²) in [4.78, 5) is 13.8. The van der Waals surface area contributed by atoms with E-state index in [0.29, 0.717) is 5.75 Å². The van der Waals surface area contributed by atoms with Crippen LogP contribution in [0.15, 0.2) is 59.7 Å². The molecule has 0 heterocycles. The number of benzene rings is 2. The van der Waals surface area contributed by atoms with Crippen molar-refractivity contribution in [2.75, 3.05) is 30.5 Å². The molecule has 0 aliphatic carbocycles. The second kappa shape index (κ2) is 9.78. The number of hydrogen-bond acceptors (Lipinski definition) is 4. The summed E-state index contributed by atoms with van der Waals surface area (Å²) in [6.07, 6.45) is 2.63. The number of rotatable bonds is 8. The molecule has 24 heavy (non-hydrogen) atoms. The first-order valence-electron chi connectivity index (χ1n) is 7.86. The topological polar surface area (TPSA) is 44.7 Å². The number of aryl methyl sites for hydroxylation is 1. The highest BCUT2D eigenvalue weighted by molar-refractivity contribution is 7.99. The molecule has 2 aromatic carbocycles. The molecule has 0 radical (unpaired) electrons. The van der Waals surface area contributed by atoms with E-state index in [1.54, 1.807) is 18.0 Å². The quantitative estimate of drug-likeness (QED) is 0.456. The number of hydrogen-bond donors (Lipinski definition) is 1. The van der Waals surface area contributed by atoms with Crippen molar-refractivity contribution >= 4 is 29.6 Å². The second-order valence-electron chi connectivity index (χ2n) is 5.57. The lowest BCUT2D eigenvalue weighted by molar-refractivity contribution is -0.118. The second-order valence-corrected chi connectivity index (χ2v) is 6.67. The summed E-state index contributed by atoms with van der Waals surface area (Å²) in [6, 6.07) is 18.3. The van der Waals surface area contributed by atoms with Gasteiger partial charge in [0.1, 0.15) is 0 Å². The molecule has 0 saturated carbocycles. The van der Waals surface area contributed by atoms with Gasteiger partial charge in [-0.15, -0.1) is 0 Å². The first-order chi connectivity index (χ1) is 11.6. The van der Waals surface area contributed by atoms with Crippen molar-refractivity contribution in [3.05, 3.63) is 65.7 Å². The maximum atomic E-state index is 11.7. The van der Waals surface area contributed by atoms with Crippen molar-refractivity contribution in [2.45, 2.75) is 6.42 Å². The van der Waals surface area contributed by atoms with Gasteiger partial charge in [0.15, 0.2) is 0 Å². The first kappa shape index (κ1) is 18.1. The van der Waals surface area contributed by atoms with Crippen LogP contribution in [0.2, 0.25) is 0 Å². The van der Waals surface area contributed by atoms with E-state index in [9.17, 15) is 4.79 Å². The smallest absolute Gasteiger partial charge is 0.250 e. The zero-order chi connectivity index (χ0) is 17.2. The van der Waals surface area contributed by atoms with E-state index in [4.69, 9.17) is 0 Å². The average molecular weight is 341 g/mol. The molecule has 1 amide bonds. The highest BCUT2D eigenvalue weighted by Gasteiger charge is 2.00. The SMILES string of the molecule is CN(C)c1ccc(/C=N\NC(=O)CSCCc2ccccc2)cc1. The predicted molar refractivity (Wildman–Crippen MR) is 104 cm³/mol. The minimum absolute atomic E-state index is 0.0748. The molecule has 0 spiro atoms. The minimum Gasteiger partial charge on any atom is -0.378 e. The molecule has 0 aliphatic rings. The van der Waals surface area contributed by atoms with Crippen LogP contribution in [0.5, 0.6) is 0 Å². The third kappa shape index (κ3) is 6.46. The number of thioether (sulfide) groups is 1. The lowest BCUT2D eigenvalue weighted by Crippen LogP contribution is -2.20. The van der Waals surface area contributed by atoms with Gasteiger partial charge in [0.25, 0.3) is 0 Å². The molecule has 0 atom stereocenters. The Bertz CT molecular complexity index is 654. The summed E-state index contributed by atoms with van der Waals surface area (Å²) < 4.78 is 0. The molecule has 0 aromatic heterocycles. The van der Waals surface area contributed by atoms with Crippen molar-refractivity contribution in [1.29, 1.82) is 0 Å². The van der Waals surface area contributed by atoms with E-state index in [2.05, 4.69) is 22.7 Å². The third-order valence-electron chi connectivity index (χ3n) is 3.42. The molecule has 2 rings (SSSR count). The summed E-state index contributed by atoms with van der Waals surface area (Å²) in [5.74, 6) is 1.27. The van der Waals surface area contributed by atoms with Gasteiger partial charge in [0.05, 0.1) is 12.0 Å². The van der Waals surface area contributed by atoms with Crippen molar-refractivity contribution in [3.63, 3.8) is 0 Å². The van der Waals surface area contributed by atoms with Crippen LogP contribution in [0, 0.1) is 0 Å². The molecule has 126 valence electrons. The molecular weight excluding hydrogens is 318 g/mol. The fraction of sp³-hybridized carbons (Fsp3) is 0.263. The first-order valence-corrected chi connectivity index (χ1v) is 9.01. The molecule has 0 fully saturated rings. The zero-order valence-corrected chi connectivity index (χ0v) is 14.9. The van der Waals surface area contributed by atoms with Gasteiger partial charge in [0, 0.05) is 19.8 Å². The zero-order valence-electron chi connectivity index (χ0n) is 14.1. The van der Waals surface area contributed by atoms with Gasteiger partial charge < -0.3 is 4.90 Å². The lowest BCUT2D eigenvalue weighted by Gasteiger charge is -2.11. The summed E-state index contributed by atoms with van der Waals surface area (Å²) in [6.45, 7) is 0. The van der Waals surface area contributed by atoms with Gasteiger partial charge in [-0.25, -0.2) is 5.43 Å². The number of amides is 1. The number of nitrogens with zero attached hydrogens (tertiary/aromatic N) is 2. The summed E-state index contributed by atoms with van der Waals surface area (Å²) in [5, 5.41) is 4.00. The van der Waals surface area contributed by atoms with Gasteiger partial charge in [-0.05, 0) is 35.4 Å². The van der Waals surface area contributed by atoms with E-state index in [1.807, 2.05) is 61.5 Å². The Hall–Kier alpha value is -2.27. The van der Waals surface area contributed by atoms with Crippen LogP contribution < -0.4 is 10.3 Å². The molecule has 0 unspecified atom stereocenters. The third-order valence-corrected chi connectivity index (χ3v) is 4.38. The number of anilines is 1. The highest BCUT2D eigenvalue weighted by atomic mass is 32.2. The minimum atomic E-state index is -0.0748.